The Labute approximate surface area is 99.4 Å². The lowest BCUT2D eigenvalue weighted by atomic mass is 9.84. The van der Waals surface area contributed by atoms with Gasteiger partial charge >= 0.3 is 0 Å². The zero-order valence-electron chi connectivity index (χ0n) is 10.2. The lowest BCUT2D eigenvalue weighted by Gasteiger charge is -2.18. The number of carbonyl (C=O) groups excluding carboxylic acids is 1. The van der Waals surface area contributed by atoms with Gasteiger partial charge in [0, 0.05) is 10.8 Å². The molecule has 0 atom stereocenters. The summed E-state index contributed by atoms with van der Waals surface area (Å²) in [5.74, 6) is -0.289. The van der Waals surface area contributed by atoms with Gasteiger partial charge in [-0.1, -0.05) is 32.9 Å². The molecule has 0 aliphatic rings. The van der Waals surface area contributed by atoms with Gasteiger partial charge in [-0.25, -0.2) is 4.39 Å². The number of para-hydroxylation sites is 1. The molecule has 0 radical (unpaired) electrons. The van der Waals surface area contributed by atoms with Gasteiger partial charge in [-0.2, -0.15) is 0 Å². The van der Waals surface area contributed by atoms with Crippen molar-refractivity contribution >= 4 is 16.8 Å². The van der Waals surface area contributed by atoms with Crippen LogP contribution in [0, 0.1) is 11.2 Å². The zero-order chi connectivity index (χ0) is 12.6. The van der Waals surface area contributed by atoms with Gasteiger partial charge in [-0.05, 0) is 18.6 Å². The fraction of sp³-hybridized carbons (Fsp3) is 0.357. The van der Waals surface area contributed by atoms with E-state index in [1.807, 2.05) is 20.8 Å². The van der Waals surface area contributed by atoms with E-state index < -0.39 is 11.2 Å². The number of hydrogen-bond donors (Lipinski definition) is 0. The second-order valence-corrected chi connectivity index (χ2v) is 4.84. The molecule has 0 spiro atoms. The van der Waals surface area contributed by atoms with Crippen molar-refractivity contribution in [3.63, 3.8) is 0 Å². The van der Waals surface area contributed by atoms with Crippen LogP contribution in [-0.2, 0) is 0 Å². The summed E-state index contributed by atoms with van der Waals surface area (Å²) < 4.78 is 18.8. The Morgan fingerprint density at radius 2 is 2.12 bits per heavy atom. The van der Waals surface area contributed by atoms with E-state index in [0.717, 1.165) is 0 Å². The van der Waals surface area contributed by atoms with Gasteiger partial charge in [0.1, 0.15) is 0 Å². The van der Waals surface area contributed by atoms with E-state index in [0.29, 0.717) is 11.8 Å². The summed E-state index contributed by atoms with van der Waals surface area (Å²) in [4.78, 5) is 12.2. The van der Waals surface area contributed by atoms with Crippen LogP contribution in [0.25, 0.3) is 11.0 Å². The zero-order valence-corrected chi connectivity index (χ0v) is 10.2. The molecule has 90 valence electrons. The molecule has 0 amide bonds. The normalized spacial score (nSPS) is 12.0. The third kappa shape index (κ3) is 1.97. The predicted octanol–water partition coefficient (Wildman–Crippen LogP) is 4.19. The first kappa shape index (κ1) is 11.8. The van der Waals surface area contributed by atoms with Crippen molar-refractivity contribution in [1.29, 1.82) is 0 Å². The van der Waals surface area contributed by atoms with Gasteiger partial charge in [-0.15, -0.1) is 0 Å². The topological polar surface area (TPSA) is 30.2 Å². The summed E-state index contributed by atoms with van der Waals surface area (Å²) in [7, 11) is 0. The Kier molecular flexibility index (Phi) is 2.77. The van der Waals surface area contributed by atoms with Crippen LogP contribution >= 0.6 is 0 Å². The molecule has 2 aromatic rings. The summed E-state index contributed by atoms with van der Waals surface area (Å²) in [6, 6.07) is 6.27. The lowest BCUT2D eigenvalue weighted by Crippen LogP contribution is -2.22. The van der Waals surface area contributed by atoms with Crippen molar-refractivity contribution in [2.75, 3.05) is 0 Å². The molecule has 0 N–H and O–H groups in total. The second kappa shape index (κ2) is 3.99. The number of Topliss-reactive ketones (excluding diaryl/α,β-unsaturated/α-hetero) is 1. The lowest BCUT2D eigenvalue weighted by molar-refractivity contribution is 0.0805. The molecule has 3 heteroatoms. The predicted molar refractivity (Wildman–Crippen MR) is 64.6 cm³/mol. The van der Waals surface area contributed by atoms with E-state index >= 15 is 0 Å². The summed E-state index contributed by atoms with van der Waals surface area (Å²) in [5, 5.41) is 0.625. The average Bonchev–Trinajstić information content (AvgIpc) is 2.73. The highest BCUT2D eigenvalue weighted by Gasteiger charge is 2.29. The number of hydrogen-bond acceptors (Lipinski definition) is 2. The number of carbonyl (C=O) groups is 1. The molecule has 0 bridgehead atoms. The van der Waals surface area contributed by atoms with Gasteiger partial charge in [0.25, 0.3) is 0 Å². The molecular weight excluding hydrogens is 219 g/mol. The van der Waals surface area contributed by atoms with Gasteiger partial charge in [0.15, 0.2) is 17.2 Å². The summed E-state index contributed by atoms with van der Waals surface area (Å²) in [6.07, 6.45) is 0.714. The van der Waals surface area contributed by atoms with Crippen LogP contribution in [0.2, 0.25) is 0 Å². The van der Waals surface area contributed by atoms with Crippen LogP contribution in [-0.4, -0.2) is 5.78 Å². The Balaban J connectivity index is 2.51. The van der Waals surface area contributed by atoms with E-state index in [2.05, 4.69) is 0 Å². The van der Waals surface area contributed by atoms with Crippen LogP contribution in [0.1, 0.15) is 37.7 Å². The van der Waals surface area contributed by atoms with Crippen molar-refractivity contribution < 1.29 is 13.6 Å². The number of halogens is 1. The van der Waals surface area contributed by atoms with Gasteiger partial charge < -0.3 is 4.42 Å². The molecule has 1 aromatic heterocycles. The SMILES string of the molecule is CCC(C)(C)C(=O)c1cc2cccc(F)c2o1. The molecule has 0 aliphatic carbocycles. The quantitative estimate of drug-likeness (QED) is 0.745. The van der Waals surface area contributed by atoms with E-state index in [-0.39, 0.29) is 17.1 Å². The first-order valence-electron chi connectivity index (χ1n) is 5.68. The van der Waals surface area contributed by atoms with Gasteiger partial charge in [0.2, 0.25) is 5.78 Å². The van der Waals surface area contributed by atoms with Crippen molar-refractivity contribution in [3.05, 3.63) is 35.8 Å². The highest BCUT2D eigenvalue weighted by atomic mass is 19.1. The standard InChI is InChI=1S/C14H15FO2/c1-4-14(2,3)13(16)11-8-9-6-5-7-10(15)12(9)17-11/h5-8H,4H2,1-3H3. The van der Waals surface area contributed by atoms with E-state index in [9.17, 15) is 9.18 Å². The minimum absolute atomic E-state index is 0.0874. The minimum atomic E-state index is -0.482. The third-order valence-electron chi connectivity index (χ3n) is 3.22. The smallest absolute Gasteiger partial charge is 0.203 e. The molecule has 1 aromatic carbocycles. The highest BCUT2D eigenvalue weighted by Crippen LogP contribution is 2.29. The van der Waals surface area contributed by atoms with Crippen LogP contribution in [0.3, 0.4) is 0 Å². The van der Waals surface area contributed by atoms with Crippen molar-refractivity contribution in [2.24, 2.45) is 5.41 Å². The van der Waals surface area contributed by atoms with Crippen LogP contribution in [0.15, 0.2) is 28.7 Å². The first-order chi connectivity index (χ1) is 7.95. The Morgan fingerprint density at radius 1 is 1.41 bits per heavy atom. The molecule has 0 saturated heterocycles. The highest BCUT2D eigenvalue weighted by molar-refractivity contribution is 6.00. The number of fused-ring (bicyclic) bond motifs is 1. The van der Waals surface area contributed by atoms with Gasteiger partial charge in [0.05, 0.1) is 0 Å². The summed E-state index contributed by atoms with van der Waals surface area (Å²) in [6.45, 7) is 5.67. The number of rotatable bonds is 3. The summed E-state index contributed by atoms with van der Waals surface area (Å²) in [5.41, 5.74) is -0.326. The Bertz CT molecular complexity index is 567. The van der Waals surface area contributed by atoms with Crippen molar-refractivity contribution in [1.82, 2.24) is 0 Å². The summed E-state index contributed by atoms with van der Waals surface area (Å²) >= 11 is 0. The molecule has 0 fully saturated rings. The first-order valence-corrected chi connectivity index (χ1v) is 5.68. The fourth-order valence-electron chi connectivity index (χ4n) is 1.63. The van der Waals surface area contributed by atoms with Crippen LogP contribution < -0.4 is 0 Å². The largest absolute Gasteiger partial charge is 0.450 e. The van der Waals surface area contributed by atoms with Gasteiger partial charge in [-0.3, -0.25) is 4.79 Å². The maximum Gasteiger partial charge on any atom is 0.203 e. The fourth-order valence-corrected chi connectivity index (χ4v) is 1.63. The molecule has 2 rings (SSSR count). The molecule has 2 nitrogen and oxygen atoms in total. The Hall–Kier alpha value is -1.64. The van der Waals surface area contributed by atoms with E-state index in [4.69, 9.17) is 4.42 Å². The molecular formula is C14H15FO2. The van der Waals surface area contributed by atoms with Crippen molar-refractivity contribution in [3.8, 4) is 0 Å². The van der Waals surface area contributed by atoms with Crippen LogP contribution in [0.5, 0.6) is 0 Å². The number of furan rings is 1. The molecule has 1 heterocycles. The number of benzene rings is 1. The van der Waals surface area contributed by atoms with Crippen LogP contribution in [0.4, 0.5) is 4.39 Å². The molecule has 0 saturated carbocycles. The number of ketones is 1. The average molecular weight is 234 g/mol. The molecule has 17 heavy (non-hydrogen) atoms. The monoisotopic (exact) mass is 234 g/mol. The maximum absolute atomic E-state index is 13.4. The van der Waals surface area contributed by atoms with E-state index in [1.165, 1.54) is 6.07 Å². The minimum Gasteiger partial charge on any atom is -0.450 e. The molecule has 0 aliphatic heterocycles. The molecule has 0 unspecified atom stereocenters. The van der Waals surface area contributed by atoms with Crippen molar-refractivity contribution in [2.45, 2.75) is 27.2 Å². The maximum atomic E-state index is 13.4. The third-order valence-corrected chi connectivity index (χ3v) is 3.22. The Morgan fingerprint density at radius 3 is 2.71 bits per heavy atom. The second-order valence-electron chi connectivity index (χ2n) is 4.84. The van der Waals surface area contributed by atoms with E-state index in [1.54, 1.807) is 18.2 Å².